The van der Waals surface area contributed by atoms with Crippen LogP contribution in [0.25, 0.3) is 0 Å². The summed E-state index contributed by atoms with van der Waals surface area (Å²) in [7, 11) is 0. The standard InChI is InChI=1S/C20H22ClNO2/c1-2-19(24-16-12-10-15(21)11-13-16)20(23)22-18-9-5-7-14-6-3-4-8-17(14)18/h3-4,6,8,10-13,18-19H,2,5,7,9H2,1H3,(H,22,23)/t18-,19-/m1/s1. The van der Waals surface area contributed by atoms with Crippen molar-refractivity contribution < 1.29 is 9.53 Å². The predicted octanol–water partition coefficient (Wildman–Crippen LogP) is 4.69. The van der Waals surface area contributed by atoms with Crippen molar-refractivity contribution in [3.05, 3.63) is 64.7 Å². The molecule has 1 aliphatic carbocycles. The zero-order valence-corrected chi connectivity index (χ0v) is 14.6. The Bertz CT molecular complexity index is 699. The third-order valence-corrected chi connectivity index (χ3v) is 4.69. The average Bonchev–Trinajstić information content (AvgIpc) is 2.61. The molecule has 2 atom stereocenters. The maximum absolute atomic E-state index is 12.7. The van der Waals surface area contributed by atoms with E-state index in [-0.39, 0.29) is 11.9 Å². The van der Waals surface area contributed by atoms with Gasteiger partial charge in [0, 0.05) is 5.02 Å². The first-order valence-corrected chi connectivity index (χ1v) is 8.85. The van der Waals surface area contributed by atoms with Crippen LogP contribution in [0.4, 0.5) is 0 Å². The van der Waals surface area contributed by atoms with Gasteiger partial charge in [-0.3, -0.25) is 4.79 Å². The molecule has 0 fully saturated rings. The van der Waals surface area contributed by atoms with Crippen molar-refractivity contribution in [2.75, 3.05) is 0 Å². The first-order valence-electron chi connectivity index (χ1n) is 8.47. The first kappa shape index (κ1) is 16.8. The third kappa shape index (κ3) is 3.90. The average molecular weight is 344 g/mol. The van der Waals surface area contributed by atoms with Crippen molar-refractivity contribution in [1.82, 2.24) is 5.32 Å². The molecule has 1 aliphatic rings. The van der Waals surface area contributed by atoms with Gasteiger partial charge < -0.3 is 10.1 Å². The van der Waals surface area contributed by atoms with E-state index < -0.39 is 6.10 Å². The van der Waals surface area contributed by atoms with E-state index in [1.807, 2.05) is 13.0 Å². The highest BCUT2D eigenvalue weighted by atomic mass is 35.5. The van der Waals surface area contributed by atoms with Crippen LogP contribution < -0.4 is 10.1 Å². The van der Waals surface area contributed by atoms with Crippen LogP contribution in [0, 0.1) is 0 Å². The fourth-order valence-corrected chi connectivity index (χ4v) is 3.29. The monoisotopic (exact) mass is 343 g/mol. The lowest BCUT2D eigenvalue weighted by Crippen LogP contribution is -2.40. The highest BCUT2D eigenvalue weighted by molar-refractivity contribution is 6.30. The lowest BCUT2D eigenvalue weighted by Gasteiger charge is -2.28. The van der Waals surface area contributed by atoms with Gasteiger partial charge >= 0.3 is 0 Å². The number of carbonyl (C=O) groups is 1. The number of hydrogen-bond acceptors (Lipinski definition) is 2. The number of aryl methyl sites for hydroxylation is 1. The number of ether oxygens (including phenoxy) is 1. The lowest BCUT2D eigenvalue weighted by atomic mass is 9.87. The van der Waals surface area contributed by atoms with E-state index in [1.165, 1.54) is 11.1 Å². The van der Waals surface area contributed by atoms with Crippen LogP contribution in [0.5, 0.6) is 5.75 Å². The summed E-state index contributed by atoms with van der Waals surface area (Å²) in [6, 6.07) is 15.5. The highest BCUT2D eigenvalue weighted by Gasteiger charge is 2.25. The molecule has 4 heteroatoms. The molecule has 3 nitrogen and oxygen atoms in total. The van der Waals surface area contributed by atoms with Gasteiger partial charge in [-0.2, -0.15) is 0 Å². The van der Waals surface area contributed by atoms with Gasteiger partial charge in [0.05, 0.1) is 6.04 Å². The molecule has 0 aliphatic heterocycles. The summed E-state index contributed by atoms with van der Waals surface area (Å²) in [5, 5.41) is 3.82. The topological polar surface area (TPSA) is 38.3 Å². The van der Waals surface area contributed by atoms with Gasteiger partial charge in [0.2, 0.25) is 0 Å². The SMILES string of the molecule is CC[C@@H](Oc1ccc(Cl)cc1)C(=O)N[C@@H]1CCCc2ccccc21. The number of hydrogen-bond donors (Lipinski definition) is 1. The minimum Gasteiger partial charge on any atom is -0.481 e. The molecule has 0 unspecified atom stereocenters. The lowest BCUT2D eigenvalue weighted by molar-refractivity contribution is -0.129. The van der Waals surface area contributed by atoms with Crippen molar-refractivity contribution >= 4 is 17.5 Å². The number of benzene rings is 2. The van der Waals surface area contributed by atoms with E-state index in [4.69, 9.17) is 16.3 Å². The molecule has 0 bridgehead atoms. The van der Waals surface area contributed by atoms with Crippen LogP contribution in [0.2, 0.25) is 5.02 Å². The van der Waals surface area contributed by atoms with Gasteiger partial charge in [0.1, 0.15) is 5.75 Å². The summed E-state index contributed by atoms with van der Waals surface area (Å²) in [6.45, 7) is 1.95. The summed E-state index contributed by atoms with van der Waals surface area (Å²) in [4.78, 5) is 12.7. The van der Waals surface area contributed by atoms with Crippen LogP contribution in [-0.4, -0.2) is 12.0 Å². The number of rotatable bonds is 5. The van der Waals surface area contributed by atoms with Crippen LogP contribution in [-0.2, 0) is 11.2 Å². The Morgan fingerprint density at radius 3 is 2.75 bits per heavy atom. The van der Waals surface area contributed by atoms with Crippen molar-refractivity contribution in [2.24, 2.45) is 0 Å². The molecule has 1 amide bonds. The Morgan fingerprint density at radius 1 is 1.25 bits per heavy atom. The summed E-state index contributed by atoms with van der Waals surface area (Å²) < 4.78 is 5.84. The molecule has 0 spiro atoms. The van der Waals surface area contributed by atoms with Gasteiger partial charge in [-0.05, 0) is 61.1 Å². The molecular weight excluding hydrogens is 322 g/mol. The molecule has 0 saturated carbocycles. The quantitative estimate of drug-likeness (QED) is 0.855. The van der Waals surface area contributed by atoms with Gasteiger partial charge in [0.15, 0.2) is 6.10 Å². The molecule has 0 radical (unpaired) electrons. The van der Waals surface area contributed by atoms with Crippen LogP contribution >= 0.6 is 11.6 Å². The third-order valence-electron chi connectivity index (χ3n) is 4.44. The second-order valence-corrected chi connectivity index (χ2v) is 6.56. The van der Waals surface area contributed by atoms with Crippen LogP contribution in [0.1, 0.15) is 43.4 Å². The molecule has 2 aromatic carbocycles. The molecule has 3 rings (SSSR count). The summed E-state index contributed by atoms with van der Waals surface area (Å²) in [6.07, 6.45) is 3.26. The minimum absolute atomic E-state index is 0.0610. The van der Waals surface area contributed by atoms with Gasteiger partial charge in [-0.15, -0.1) is 0 Å². The van der Waals surface area contributed by atoms with Crippen molar-refractivity contribution in [3.8, 4) is 5.75 Å². The molecule has 2 aromatic rings. The minimum atomic E-state index is -0.500. The van der Waals surface area contributed by atoms with E-state index in [2.05, 4.69) is 23.5 Å². The van der Waals surface area contributed by atoms with Gasteiger partial charge in [-0.25, -0.2) is 0 Å². The number of fused-ring (bicyclic) bond motifs is 1. The number of halogens is 1. The van der Waals surface area contributed by atoms with Crippen molar-refractivity contribution in [3.63, 3.8) is 0 Å². The zero-order valence-electron chi connectivity index (χ0n) is 13.8. The van der Waals surface area contributed by atoms with Crippen LogP contribution in [0.15, 0.2) is 48.5 Å². The Hall–Kier alpha value is -2.00. The normalized spacial score (nSPS) is 17.7. The molecule has 0 aromatic heterocycles. The Morgan fingerprint density at radius 2 is 2.00 bits per heavy atom. The fourth-order valence-electron chi connectivity index (χ4n) is 3.17. The van der Waals surface area contributed by atoms with E-state index in [1.54, 1.807) is 24.3 Å². The Labute approximate surface area is 148 Å². The Balaban J connectivity index is 1.68. The van der Waals surface area contributed by atoms with Crippen molar-refractivity contribution in [1.29, 1.82) is 0 Å². The Kier molecular flexibility index (Phi) is 5.41. The number of nitrogens with one attached hydrogen (secondary N) is 1. The molecule has 24 heavy (non-hydrogen) atoms. The summed E-state index contributed by atoms with van der Waals surface area (Å²) in [5.74, 6) is 0.597. The first-order chi connectivity index (χ1) is 11.7. The number of amides is 1. The fraction of sp³-hybridized carbons (Fsp3) is 0.350. The van der Waals surface area contributed by atoms with E-state index in [0.717, 1.165) is 19.3 Å². The van der Waals surface area contributed by atoms with E-state index in [9.17, 15) is 4.79 Å². The van der Waals surface area contributed by atoms with Gasteiger partial charge in [0.25, 0.3) is 5.91 Å². The largest absolute Gasteiger partial charge is 0.481 e. The van der Waals surface area contributed by atoms with Gasteiger partial charge in [-0.1, -0.05) is 42.8 Å². The maximum Gasteiger partial charge on any atom is 0.261 e. The molecular formula is C20H22ClNO2. The molecule has 1 N–H and O–H groups in total. The molecule has 0 saturated heterocycles. The van der Waals surface area contributed by atoms with E-state index >= 15 is 0 Å². The molecule has 0 heterocycles. The summed E-state index contributed by atoms with van der Waals surface area (Å²) in [5.41, 5.74) is 2.57. The predicted molar refractivity (Wildman–Crippen MR) is 96.4 cm³/mol. The number of carbonyl (C=O) groups excluding carboxylic acids is 1. The maximum atomic E-state index is 12.7. The smallest absolute Gasteiger partial charge is 0.261 e. The second-order valence-electron chi connectivity index (χ2n) is 6.12. The highest BCUT2D eigenvalue weighted by Crippen LogP contribution is 2.29. The zero-order chi connectivity index (χ0) is 16.9. The second kappa shape index (κ2) is 7.71. The summed E-state index contributed by atoms with van der Waals surface area (Å²) >= 11 is 5.89. The van der Waals surface area contributed by atoms with Crippen molar-refractivity contribution in [2.45, 2.75) is 44.8 Å². The van der Waals surface area contributed by atoms with Crippen LogP contribution in [0.3, 0.4) is 0 Å². The van der Waals surface area contributed by atoms with E-state index in [0.29, 0.717) is 17.2 Å². The molecule has 126 valence electrons.